The minimum atomic E-state index is 0.802. The van der Waals surface area contributed by atoms with E-state index in [1.165, 1.54) is 11.2 Å². The zero-order chi connectivity index (χ0) is 10.5. The lowest BCUT2D eigenvalue weighted by Crippen LogP contribution is -2.05. The lowest BCUT2D eigenvalue weighted by Gasteiger charge is -2.03. The van der Waals surface area contributed by atoms with Crippen molar-refractivity contribution in [2.75, 3.05) is 11.9 Å². The number of aromatic nitrogens is 2. The van der Waals surface area contributed by atoms with Crippen LogP contribution >= 0.6 is 27.3 Å². The van der Waals surface area contributed by atoms with E-state index in [-0.39, 0.29) is 0 Å². The Morgan fingerprint density at radius 1 is 1.40 bits per heavy atom. The highest BCUT2D eigenvalue weighted by Gasteiger charge is 1.96. The highest BCUT2D eigenvalue weighted by molar-refractivity contribution is 9.10. The number of hydrogen-bond acceptors (Lipinski definition) is 4. The van der Waals surface area contributed by atoms with Crippen molar-refractivity contribution in [1.29, 1.82) is 0 Å². The number of anilines is 1. The van der Waals surface area contributed by atoms with E-state index in [0.717, 1.165) is 23.4 Å². The molecule has 78 valence electrons. The Bertz CT molecular complexity index is 416. The predicted octanol–water partition coefficient (Wildman–Crippen LogP) is 2.96. The molecule has 1 N–H and O–H groups in total. The third-order valence-corrected chi connectivity index (χ3v) is 3.26. The Hall–Kier alpha value is -0.940. The molecule has 0 aliphatic rings. The summed E-state index contributed by atoms with van der Waals surface area (Å²) in [6, 6.07) is 6.08. The summed E-state index contributed by atoms with van der Waals surface area (Å²) in [7, 11) is 0. The van der Waals surface area contributed by atoms with Crippen LogP contribution in [0.2, 0.25) is 0 Å². The van der Waals surface area contributed by atoms with Gasteiger partial charge in [-0.3, -0.25) is 0 Å². The van der Waals surface area contributed by atoms with Gasteiger partial charge in [-0.15, -0.1) is 11.3 Å². The minimum Gasteiger partial charge on any atom is -0.370 e. The molecule has 0 aliphatic heterocycles. The lowest BCUT2D eigenvalue weighted by molar-refractivity contribution is 1.01. The number of nitrogens with one attached hydrogen (secondary N) is 1. The first-order valence-electron chi connectivity index (χ1n) is 4.58. The fourth-order valence-electron chi connectivity index (χ4n) is 1.20. The molecule has 0 aliphatic carbocycles. The molecule has 3 nitrogen and oxygen atoms in total. The molecule has 15 heavy (non-hydrogen) atoms. The summed E-state index contributed by atoms with van der Waals surface area (Å²) < 4.78 is 0.802. The maximum Gasteiger partial charge on any atom is 0.130 e. The molecular formula is C10H10BrN3S. The van der Waals surface area contributed by atoms with Crippen LogP contribution in [0.1, 0.15) is 4.88 Å². The quantitative estimate of drug-likeness (QED) is 0.877. The number of hydrogen-bond donors (Lipinski definition) is 1. The predicted molar refractivity (Wildman–Crippen MR) is 66.2 cm³/mol. The molecule has 0 bridgehead atoms. The minimum absolute atomic E-state index is 0.802. The van der Waals surface area contributed by atoms with Crippen molar-refractivity contribution in [3.63, 3.8) is 0 Å². The fourth-order valence-corrected chi connectivity index (χ4v) is 2.22. The largest absolute Gasteiger partial charge is 0.370 e. The molecule has 0 saturated heterocycles. The van der Waals surface area contributed by atoms with Crippen molar-refractivity contribution < 1.29 is 0 Å². The molecule has 0 saturated carbocycles. The van der Waals surface area contributed by atoms with Crippen LogP contribution in [0.15, 0.2) is 34.5 Å². The Morgan fingerprint density at radius 3 is 3.07 bits per heavy atom. The van der Waals surface area contributed by atoms with Gasteiger partial charge in [0.2, 0.25) is 0 Å². The summed E-state index contributed by atoms with van der Waals surface area (Å²) in [5.74, 6) is 0.855. The molecule has 2 heterocycles. The van der Waals surface area contributed by atoms with E-state index in [4.69, 9.17) is 0 Å². The molecule has 0 radical (unpaired) electrons. The van der Waals surface area contributed by atoms with E-state index < -0.39 is 0 Å². The van der Waals surface area contributed by atoms with Crippen molar-refractivity contribution in [1.82, 2.24) is 9.97 Å². The normalized spacial score (nSPS) is 10.2. The molecule has 0 aromatic carbocycles. The van der Waals surface area contributed by atoms with Gasteiger partial charge in [0.1, 0.15) is 16.7 Å². The maximum atomic E-state index is 4.11. The van der Waals surface area contributed by atoms with Crippen LogP contribution in [0.25, 0.3) is 0 Å². The summed E-state index contributed by atoms with van der Waals surface area (Å²) in [6.45, 7) is 0.893. The Morgan fingerprint density at radius 2 is 2.33 bits per heavy atom. The average Bonchev–Trinajstić information content (AvgIpc) is 2.71. The Balaban J connectivity index is 1.83. The third kappa shape index (κ3) is 3.28. The lowest BCUT2D eigenvalue weighted by atomic mass is 10.3. The van der Waals surface area contributed by atoms with Gasteiger partial charge in [-0.1, -0.05) is 6.07 Å². The van der Waals surface area contributed by atoms with Crippen LogP contribution in [-0.4, -0.2) is 16.5 Å². The number of halogens is 1. The van der Waals surface area contributed by atoms with Crippen LogP contribution in [0.5, 0.6) is 0 Å². The van der Waals surface area contributed by atoms with E-state index in [1.54, 1.807) is 11.3 Å². The first-order valence-corrected chi connectivity index (χ1v) is 6.25. The van der Waals surface area contributed by atoms with Gasteiger partial charge in [-0.05, 0) is 33.8 Å². The molecule has 0 fully saturated rings. The van der Waals surface area contributed by atoms with Crippen LogP contribution < -0.4 is 5.32 Å². The summed E-state index contributed by atoms with van der Waals surface area (Å²) in [5, 5.41) is 5.34. The van der Waals surface area contributed by atoms with E-state index in [2.05, 4.69) is 48.7 Å². The molecule has 0 unspecified atom stereocenters. The van der Waals surface area contributed by atoms with Crippen LogP contribution in [0, 0.1) is 0 Å². The number of rotatable bonds is 4. The molecule has 0 spiro atoms. The molecule has 2 rings (SSSR count). The number of nitrogens with zero attached hydrogens (tertiary/aromatic N) is 2. The van der Waals surface area contributed by atoms with Crippen molar-refractivity contribution in [3.8, 4) is 0 Å². The first-order chi connectivity index (χ1) is 7.34. The monoisotopic (exact) mass is 283 g/mol. The molecule has 2 aromatic heterocycles. The molecule has 5 heteroatoms. The van der Waals surface area contributed by atoms with Gasteiger partial charge in [0.25, 0.3) is 0 Å². The van der Waals surface area contributed by atoms with Crippen LogP contribution in [0.3, 0.4) is 0 Å². The zero-order valence-electron chi connectivity index (χ0n) is 7.98. The van der Waals surface area contributed by atoms with Gasteiger partial charge in [-0.25, -0.2) is 9.97 Å². The van der Waals surface area contributed by atoms with Gasteiger partial charge in [0.05, 0.1) is 0 Å². The van der Waals surface area contributed by atoms with Gasteiger partial charge in [0.15, 0.2) is 0 Å². The van der Waals surface area contributed by atoms with Gasteiger partial charge in [-0.2, -0.15) is 0 Å². The summed E-state index contributed by atoms with van der Waals surface area (Å²) >= 11 is 5.08. The second kappa shape index (κ2) is 5.23. The summed E-state index contributed by atoms with van der Waals surface area (Å²) in [4.78, 5) is 9.46. The standard InChI is InChI=1S/C10H10BrN3S/c11-9-6-10(14-7-13-9)12-4-3-8-2-1-5-15-8/h1-2,5-7H,3-4H2,(H,12,13,14). The van der Waals surface area contributed by atoms with E-state index in [9.17, 15) is 0 Å². The molecule has 2 aromatic rings. The highest BCUT2D eigenvalue weighted by atomic mass is 79.9. The van der Waals surface area contributed by atoms with Crippen molar-refractivity contribution in [2.45, 2.75) is 6.42 Å². The van der Waals surface area contributed by atoms with E-state index in [1.807, 2.05) is 6.07 Å². The zero-order valence-corrected chi connectivity index (χ0v) is 10.4. The smallest absolute Gasteiger partial charge is 0.130 e. The van der Waals surface area contributed by atoms with E-state index in [0.29, 0.717) is 0 Å². The van der Waals surface area contributed by atoms with Crippen LogP contribution in [-0.2, 0) is 6.42 Å². The van der Waals surface area contributed by atoms with E-state index >= 15 is 0 Å². The molecule has 0 atom stereocenters. The summed E-state index contributed by atoms with van der Waals surface area (Å²) in [5.41, 5.74) is 0. The molecular weight excluding hydrogens is 274 g/mol. The molecule has 0 amide bonds. The average molecular weight is 284 g/mol. The highest BCUT2D eigenvalue weighted by Crippen LogP contribution is 2.11. The topological polar surface area (TPSA) is 37.8 Å². The fraction of sp³-hybridized carbons (Fsp3) is 0.200. The van der Waals surface area contributed by atoms with Crippen LogP contribution in [0.4, 0.5) is 5.82 Å². The summed E-state index contributed by atoms with van der Waals surface area (Å²) in [6.07, 6.45) is 2.57. The first kappa shape index (κ1) is 10.6. The van der Waals surface area contributed by atoms with Crippen molar-refractivity contribution in [3.05, 3.63) is 39.4 Å². The Kier molecular flexibility index (Phi) is 3.69. The number of thiophene rings is 1. The maximum absolute atomic E-state index is 4.11. The van der Waals surface area contributed by atoms with Crippen molar-refractivity contribution >= 4 is 33.1 Å². The van der Waals surface area contributed by atoms with Crippen molar-refractivity contribution in [2.24, 2.45) is 0 Å². The van der Waals surface area contributed by atoms with Gasteiger partial charge >= 0.3 is 0 Å². The third-order valence-electron chi connectivity index (χ3n) is 1.89. The second-order valence-corrected chi connectivity index (χ2v) is 4.83. The van der Waals surface area contributed by atoms with Gasteiger partial charge < -0.3 is 5.32 Å². The van der Waals surface area contributed by atoms with Gasteiger partial charge in [0, 0.05) is 17.5 Å². The SMILES string of the molecule is Brc1cc(NCCc2cccs2)ncn1. The Labute approximate surface area is 101 Å². The second-order valence-electron chi connectivity index (χ2n) is 2.98.